The number of anilines is 4. The Morgan fingerprint density at radius 1 is 0.750 bits per heavy atom. The number of nitrogens with one attached hydrogen (secondary N) is 1. The van der Waals surface area contributed by atoms with Crippen LogP contribution in [-0.4, -0.2) is 36.1 Å². The Morgan fingerprint density at radius 2 is 1.39 bits per heavy atom. The van der Waals surface area contributed by atoms with Crippen LogP contribution in [0, 0.1) is 17.5 Å². The summed E-state index contributed by atoms with van der Waals surface area (Å²) in [7, 11) is 0. The molecule has 5 nitrogen and oxygen atoms in total. The maximum absolute atomic E-state index is 14.0. The quantitative estimate of drug-likeness (QED) is 0.736. The van der Waals surface area contributed by atoms with Gasteiger partial charge in [-0.25, -0.2) is 18.2 Å². The Morgan fingerprint density at radius 3 is 2.11 bits per heavy atom. The fourth-order valence-corrected chi connectivity index (χ4v) is 3.17. The van der Waals surface area contributed by atoms with Gasteiger partial charge in [-0.15, -0.1) is 0 Å². The average Bonchev–Trinajstić information content (AvgIpc) is 2.72. The van der Waals surface area contributed by atoms with Crippen molar-refractivity contribution >= 4 is 23.1 Å². The highest BCUT2D eigenvalue weighted by atomic mass is 19.1. The molecule has 2 heterocycles. The standard InChI is InChI=1S/C20H18F3N5/c21-14-4-1-2-7-17(14)27-10-12-28(13-11-27)20-24-9-8-18(26-20)25-19-15(22)5-3-6-16(19)23/h1-9H,10-13H2,(H,24,25,26). The second kappa shape index (κ2) is 7.75. The molecule has 4 rings (SSSR count). The van der Waals surface area contributed by atoms with Crippen LogP contribution in [0.2, 0.25) is 0 Å². The van der Waals surface area contributed by atoms with Crippen molar-refractivity contribution in [2.75, 3.05) is 41.3 Å². The molecule has 1 saturated heterocycles. The Bertz CT molecular complexity index is 953. The monoisotopic (exact) mass is 385 g/mol. The summed E-state index contributed by atoms with van der Waals surface area (Å²) in [5.41, 5.74) is 0.324. The second-order valence-corrected chi connectivity index (χ2v) is 6.39. The molecule has 0 radical (unpaired) electrons. The zero-order valence-electron chi connectivity index (χ0n) is 14.9. The van der Waals surface area contributed by atoms with Crippen LogP contribution in [0.1, 0.15) is 0 Å². The van der Waals surface area contributed by atoms with Crippen LogP contribution in [0.15, 0.2) is 54.7 Å². The van der Waals surface area contributed by atoms with Crippen molar-refractivity contribution in [3.05, 3.63) is 72.2 Å². The summed E-state index contributed by atoms with van der Waals surface area (Å²) in [5.74, 6) is -0.886. The van der Waals surface area contributed by atoms with Crippen LogP contribution < -0.4 is 15.1 Å². The van der Waals surface area contributed by atoms with E-state index in [1.807, 2.05) is 15.9 Å². The summed E-state index contributed by atoms with van der Waals surface area (Å²) in [5, 5.41) is 2.67. The van der Waals surface area contributed by atoms with E-state index in [1.54, 1.807) is 18.2 Å². The molecule has 0 spiro atoms. The number of halogens is 3. The molecule has 28 heavy (non-hydrogen) atoms. The average molecular weight is 385 g/mol. The Balaban J connectivity index is 1.46. The van der Waals surface area contributed by atoms with Gasteiger partial charge in [0.05, 0.1) is 5.69 Å². The number of hydrogen-bond donors (Lipinski definition) is 1. The second-order valence-electron chi connectivity index (χ2n) is 6.39. The minimum atomic E-state index is -0.696. The molecule has 8 heteroatoms. The van der Waals surface area contributed by atoms with Gasteiger partial charge < -0.3 is 15.1 Å². The molecule has 1 N–H and O–H groups in total. The maximum Gasteiger partial charge on any atom is 0.227 e. The number of nitrogens with zero attached hydrogens (tertiary/aromatic N) is 4. The minimum absolute atomic E-state index is 0.245. The number of rotatable bonds is 4. The van der Waals surface area contributed by atoms with Gasteiger partial charge in [-0.05, 0) is 30.3 Å². The van der Waals surface area contributed by atoms with Gasteiger partial charge in [-0.2, -0.15) is 4.98 Å². The van der Waals surface area contributed by atoms with Gasteiger partial charge >= 0.3 is 0 Å². The van der Waals surface area contributed by atoms with Crippen molar-refractivity contribution < 1.29 is 13.2 Å². The molecule has 1 aromatic heterocycles. The normalized spacial score (nSPS) is 14.2. The highest BCUT2D eigenvalue weighted by molar-refractivity contribution is 5.58. The third-order valence-corrected chi connectivity index (χ3v) is 4.61. The first kappa shape index (κ1) is 18.1. The number of aromatic nitrogens is 2. The van der Waals surface area contributed by atoms with E-state index >= 15 is 0 Å². The first-order valence-corrected chi connectivity index (χ1v) is 8.90. The third-order valence-electron chi connectivity index (χ3n) is 4.61. The largest absolute Gasteiger partial charge is 0.366 e. The third kappa shape index (κ3) is 3.71. The summed E-state index contributed by atoms with van der Waals surface area (Å²) >= 11 is 0. The molecule has 0 amide bonds. The molecular formula is C20H18F3N5. The molecule has 144 valence electrons. The molecule has 1 aliphatic rings. The maximum atomic E-state index is 14.0. The van der Waals surface area contributed by atoms with Crippen LogP contribution in [0.5, 0.6) is 0 Å². The van der Waals surface area contributed by atoms with E-state index in [9.17, 15) is 13.2 Å². The summed E-state index contributed by atoms with van der Waals surface area (Å²) in [6.45, 7) is 2.44. The molecule has 2 aromatic carbocycles. The van der Waals surface area contributed by atoms with E-state index in [0.717, 1.165) is 0 Å². The van der Waals surface area contributed by atoms with Crippen LogP contribution in [0.25, 0.3) is 0 Å². The first-order chi connectivity index (χ1) is 13.6. The summed E-state index contributed by atoms with van der Waals surface area (Å²) in [6, 6.07) is 11.9. The fourth-order valence-electron chi connectivity index (χ4n) is 3.17. The lowest BCUT2D eigenvalue weighted by molar-refractivity contribution is 0.590. The molecular weight excluding hydrogens is 367 g/mol. The van der Waals surface area contributed by atoms with Crippen LogP contribution >= 0.6 is 0 Å². The predicted octanol–water partition coefficient (Wildman–Crippen LogP) is 3.96. The number of benzene rings is 2. The lowest BCUT2D eigenvalue weighted by Gasteiger charge is -2.36. The van der Waals surface area contributed by atoms with Crippen LogP contribution in [0.3, 0.4) is 0 Å². The molecule has 0 aliphatic carbocycles. The van der Waals surface area contributed by atoms with Gasteiger partial charge in [0.25, 0.3) is 0 Å². The van der Waals surface area contributed by atoms with E-state index in [4.69, 9.17) is 0 Å². The topological polar surface area (TPSA) is 44.3 Å². The van der Waals surface area contributed by atoms with Crippen molar-refractivity contribution in [3.8, 4) is 0 Å². The lowest BCUT2D eigenvalue weighted by atomic mass is 10.2. The zero-order valence-corrected chi connectivity index (χ0v) is 14.9. The first-order valence-electron chi connectivity index (χ1n) is 8.90. The predicted molar refractivity (Wildman–Crippen MR) is 102 cm³/mol. The Hall–Kier alpha value is -3.29. The highest BCUT2D eigenvalue weighted by Crippen LogP contribution is 2.24. The summed E-state index contributed by atoms with van der Waals surface area (Å²) < 4.78 is 41.6. The molecule has 1 aliphatic heterocycles. The number of para-hydroxylation sites is 2. The number of hydrogen-bond acceptors (Lipinski definition) is 5. The van der Waals surface area contributed by atoms with Gasteiger partial charge in [0.1, 0.15) is 29.0 Å². The molecule has 3 aromatic rings. The summed E-state index contributed by atoms with van der Waals surface area (Å²) in [6.07, 6.45) is 1.53. The molecule has 1 fully saturated rings. The Kier molecular flexibility index (Phi) is 5.01. The minimum Gasteiger partial charge on any atom is -0.366 e. The smallest absolute Gasteiger partial charge is 0.227 e. The molecule has 0 saturated carbocycles. The van der Waals surface area contributed by atoms with Gasteiger partial charge in [0.15, 0.2) is 0 Å². The number of piperazine rings is 1. The zero-order chi connectivity index (χ0) is 19.5. The highest BCUT2D eigenvalue weighted by Gasteiger charge is 2.21. The molecule has 0 bridgehead atoms. The Labute approximate surface area is 160 Å². The summed E-state index contributed by atoms with van der Waals surface area (Å²) in [4.78, 5) is 12.6. The van der Waals surface area contributed by atoms with E-state index in [0.29, 0.717) is 43.6 Å². The van der Waals surface area contributed by atoms with Gasteiger partial charge in [0, 0.05) is 32.4 Å². The van der Waals surface area contributed by atoms with Crippen LogP contribution in [0.4, 0.5) is 36.3 Å². The van der Waals surface area contributed by atoms with E-state index < -0.39 is 11.6 Å². The van der Waals surface area contributed by atoms with Crippen LogP contribution in [-0.2, 0) is 0 Å². The van der Waals surface area contributed by atoms with Gasteiger partial charge in [-0.1, -0.05) is 18.2 Å². The van der Waals surface area contributed by atoms with Crippen molar-refractivity contribution in [1.29, 1.82) is 0 Å². The lowest BCUT2D eigenvalue weighted by Crippen LogP contribution is -2.47. The van der Waals surface area contributed by atoms with E-state index in [-0.39, 0.29) is 11.5 Å². The van der Waals surface area contributed by atoms with Crippen molar-refractivity contribution in [2.24, 2.45) is 0 Å². The van der Waals surface area contributed by atoms with Crippen molar-refractivity contribution in [2.45, 2.75) is 0 Å². The van der Waals surface area contributed by atoms with E-state index in [2.05, 4.69) is 15.3 Å². The van der Waals surface area contributed by atoms with E-state index in [1.165, 1.54) is 30.5 Å². The SMILES string of the molecule is Fc1ccccc1N1CCN(c2nccc(Nc3c(F)cccc3F)n2)CC1. The van der Waals surface area contributed by atoms with Crippen molar-refractivity contribution in [1.82, 2.24) is 9.97 Å². The molecule has 0 atom stereocenters. The fraction of sp³-hybridized carbons (Fsp3) is 0.200. The van der Waals surface area contributed by atoms with Crippen molar-refractivity contribution in [3.63, 3.8) is 0 Å². The van der Waals surface area contributed by atoms with Gasteiger partial charge in [0.2, 0.25) is 5.95 Å². The van der Waals surface area contributed by atoms with Gasteiger partial charge in [-0.3, -0.25) is 0 Å². The molecule has 0 unspecified atom stereocenters.